The van der Waals surface area contributed by atoms with Crippen LogP contribution in [0.1, 0.15) is 17.3 Å². The monoisotopic (exact) mass is 368 g/mol. The summed E-state index contributed by atoms with van der Waals surface area (Å²) in [7, 11) is 0. The van der Waals surface area contributed by atoms with Crippen molar-refractivity contribution < 1.29 is 14.3 Å². The number of benzene rings is 1. The van der Waals surface area contributed by atoms with Crippen molar-refractivity contribution in [1.29, 1.82) is 0 Å². The number of carbonyl (C=O) groups is 1. The number of hydrogen-bond acceptors (Lipinski definition) is 6. The van der Waals surface area contributed by atoms with Crippen molar-refractivity contribution in [2.45, 2.75) is 13.5 Å². The van der Waals surface area contributed by atoms with Crippen molar-refractivity contribution in [3.8, 4) is 11.3 Å². The standard InChI is InChI=1S/C19H17FN4O3/c1-12(26)16-17(13-6-8-21-9-7-13)23-24(10-11-25)19(27)18(16)22-15-5-3-2-4-14(15)20/h2-9,22,25H,10-11H2,1H3. The van der Waals surface area contributed by atoms with E-state index in [1.807, 2.05) is 0 Å². The third-order valence-electron chi connectivity index (χ3n) is 3.91. The SMILES string of the molecule is CC(=O)c1c(-c2ccncc2)nn(CCO)c(=O)c1Nc1ccccc1F. The van der Waals surface area contributed by atoms with E-state index < -0.39 is 17.2 Å². The van der Waals surface area contributed by atoms with E-state index in [2.05, 4.69) is 15.4 Å². The summed E-state index contributed by atoms with van der Waals surface area (Å²) in [6.07, 6.45) is 3.07. The molecule has 0 saturated heterocycles. The maximum Gasteiger partial charge on any atom is 0.291 e. The van der Waals surface area contributed by atoms with E-state index in [1.165, 1.54) is 37.5 Å². The van der Waals surface area contributed by atoms with Crippen LogP contribution < -0.4 is 10.9 Å². The third kappa shape index (κ3) is 3.75. The van der Waals surface area contributed by atoms with Crippen LogP contribution in [0.3, 0.4) is 0 Å². The Hall–Kier alpha value is -3.39. The number of rotatable bonds is 6. The maximum atomic E-state index is 14.1. The Labute approximate surface area is 154 Å². The number of halogens is 1. The van der Waals surface area contributed by atoms with Crippen LogP contribution in [-0.2, 0) is 6.54 Å². The van der Waals surface area contributed by atoms with Crippen LogP contribution >= 0.6 is 0 Å². The summed E-state index contributed by atoms with van der Waals surface area (Å²) in [5.74, 6) is -0.969. The van der Waals surface area contributed by atoms with Gasteiger partial charge >= 0.3 is 0 Å². The Bertz CT molecular complexity index is 1030. The highest BCUT2D eigenvalue weighted by molar-refractivity contribution is 6.05. The van der Waals surface area contributed by atoms with Gasteiger partial charge in [0.2, 0.25) is 0 Å². The van der Waals surface area contributed by atoms with E-state index in [-0.39, 0.29) is 35.8 Å². The summed E-state index contributed by atoms with van der Waals surface area (Å²) in [6, 6.07) is 9.13. The molecule has 0 radical (unpaired) electrons. The normalized spacial score (nSPS) is 10.6. The summed E-state index contributed by atoms with van der Waals surface area (Å²) in [4.78, 5) is 29.1. The molecule has 0 unspecified atom stereocenters. The summed E-state index contributed by atoms with van der Waals surface area (Å²) < 4.78 is 15.1. The summed E-state index contributed by atoms with van der Waals surface area (Å²) in [5, 5.41) is 16.2. The number of carbonyl (C=O) groups excluding carboxylic acids is 1. The van der Waals surface area contributed by atoms with Crippen LogP contribution in [-0.4, -0.2) is 32.3 Å². The van der Waals surface area contributed by atoms with Gasteiger partial charge in [0.25, 0.3) is 5.56 Å². The van der Waals surface area contributed by atoms with Gasteiger partial charge in [0, 0.05) is 18.0 Å². The van der Waals surface area contributed by atoms with E-state index in [0.29, 0.717) is 5.56 Å². The number of hydrogen-bond donors (Lipinski definition) is 2. The first-order valence-electron chi connectivity index (χ1n) is 8.21. The largest absolute Gasteiger partial charge is 0.394 e. The number of anilines is 2. The van der Waals surface area contributed by atoms with Gasteiger partial charge in [-0.3, -0.25) is 14.6 Å². The Morgan fingerprint density at radius 2 is 1.93 bits per heavy atom. The zero-order chi connectivity index (χ0) is 19.4. The summed E-state index contributed by atoms with van der Waals surface area (Å²) in [5.41, 5.74) is 0.191. The molecule has 138 valence electrons. The average molecular weight is 368 g/mol. The molecular weight excluding hydrogens is 351 g/mol. The van der Waals surface area contributed by atoms with Crippen molar-refractivity contribution in [3.05, 3.63) is 70.5 Å². The van der Waals surface area contributed by atoms with Crippen LogP contribution in [0, 0.1) is 5.82 Å². The number of aromatic nitrogens is 3. The molecule has 3 aromatic rings. The molecule has 0 bridgehead atoms. The fourth-order valence-electron chi connectivity index (χ4n) is 2.68. The number of para-hydroxylation sites is 1. The van der Waals surface area contributed by atoms with Crippen molar-refractivity contribution in [2.75, 3.05) is 11.9 Å². The van der Waals surface area contributed by atoms with Gasteiger partial charge in [0.05, 0.1) is 24.4 Å². The van der Waals surface area contributed by atoms with Gasteiger partial charge in [-0.1, -0.05) is 12.1 Å². The minimum Gasteiger partial charge on any atom is -0.394 e. The van der Waals surface area contributed by atoms with Crippen LogP contribution in [0.5, 0.6) is 0 Å². The molecule has 8 heteroatoms. The number of nitrogens with one attached hydrogen (secondary N) is 1. The van der Waals surface area contributed by atoms with Gasteiger partial charge in [-0.05, 0) is 31.2 Å². The van der Waals surface area contributed by atoms with Gasteiger partial charge in [-0.25, -0.2) is 9.07 Å². The highest BCUT2D eigenvalue weighted by Gasteiger charge is 2.22. The first kappa shape index (κ1) is 18.4. The van der Waals surface area contributed by atoms with Crippen molar-refractivity contribution >= 4 is 17.2 Å². The van der Waals surface area contributed by atoms with Gasteiger partial charge in [-0.15, -0.1) is 0 Å². The fourth-order valence-corrected chi connectivity index (χ4v) is 2.68. The van der Waals surface area contributed by atoms with Gasteiger partial charge < -0.3 is 10.4 Å². The van der Waals surface area contributed by atoms with E-state index in [9.17, 15) is 19.1 Å². The maximum absolute atomic E-state index is 14.1. The smallest absolute Gasteiger partial charge is 0.291 e. The topological polar surface area (TPSA) is 97.1 Å². The number of pyridine rings is 1. The molecule has 7 nitrogen and oxygen atoms in total. The van der Waals surface area contributed by atoms with Crippen molar-refractivity contribution in [1.82, 2.24) is 14.8 Å². The van der Waals surface area contributed by atoms with E-state index in [0.717, 1.165) is 4.68 Å². The molecule has 0 aliphatic carbocycles. The predicted molar refractivity (Wildman–Crippen MR) is 98.5 cm³/mol. The molecule has 0 aliphatic rings. The van der Waals surface area contributed by atoms with Gasteiger partial charge in [0.15, 0.2) is 5.78 Å². The van der Waals surface area contributed by atoms with Crippen LogP contribution in [0.15, 0.2) is 53.6 Å². The molecule has 2 aromatic heterocycles. The Morgan fingerprint density at radius 3 is 2.56 bits per heavy atom. The lowest BCUT2D eigenvalue weighted by Crippen LogP contribution is -2.29. The first-order chi connectivity index (χ1) is 13.0. The lowest BCUT2D eigenvalue weighted by atomic mass is 10.0. The number of ketones is 1. The number of aliphatic hydroxyl groups excluding tert-OH is 1. The Kier molecular flexibility index (Phi) is 5.37. The molecular formula is C19H17FN4O3. The second-order valence-electron chi connectivity index (χ2n) is 5.75. The quantitative estimate of drug-likeness (QED) is 0.649. The Balaban J connectivity index is 2.29. The summed E-state index contributed by atoms with van der Waals surface area (Å²) >= 11 is 0. The lowest BCUT2D eigenvalue weighted by Gasteiger charge is -2.16. The Morgan fingerprint density at radius 1 is 1.22 bits per heavy atom. The van der Waals surface area contributed by atoms with Crippen LogP contribution in [0.4, 0.5) is 15.8 Å². The molecule has 1 aromatic carbocycles. The molecule has 0 amide bonds. The number of aliphatic hydroxyl groups is 1. The molecule has 0 spiro atoms. The zero-order valence-electron chi connectivity index (χ0n) is 14.5. The van der Waals surface area contributed by atoms with Gasteiger partial charge in [-0.2, -0.15) is 5.10 Å². The number of Topliss-reactive ketones (excluding diaryl/α,β-unsaturated/α-hetero) is 1. The van der Waals surface area contributed by atoms with Crippen molar-refractivity contribution in [3.63, 3.8) is 0 Å². The van der Waals surface area contributed by atoms with Gasteiger partial charge in [0.1, 0.15) is 17.2 Å². The molecule has 2 N–H and O–H groups in total. The second kappa shape index (κ2) is 7.88. The molecule has 0 saturated carbocycles. The van der Waals surface area contributed by atoms with Crippen molar-refractivity contribution in [2.24, 2.45) is 0 Å². The number of nitrogens with zero attached hydrogens (tertiary/aromatic N) is 3. The highest BCUT2D eigenvalue weighted by atomic mass is 19.1. The average Bonchev–Trinajstić information content (AvgIpc) is 2.67. The van der Waals surface area contributed by atoms with Crippen LogP contribution in [0.2, 0.25) is 0 Å². The molecule has 27 heavy (non-hydrogen) atoms. The minimum absolute atomic E-state index is 0.0450. The molecule has 3 rings (SSSR count). The van der Waals surface area contributed by atoms with Crippen LogP contribution in [0.25, 0.3) is 11.3 Å². The molecule has 0 fully saturated rings. The molecule has 0 aliphatic heterocycles. The third-order valence-corrected chi connectivity index (χ3v) is 3.91. The minimum atomic E-state index is -0.629. The lowest BCUT2D eigenvalue weighted by molar-refractivity contribution is 0.101. The molecule has 2 heterocycles. The summed E-state index contributed by atoms with van der Waals surface area (Å²) in [6.45, 7) is 0.923. The van der Waals surface area contributed by atoms with E-state index in [1.54, 1.807) is 18.2 Å². The molecule has 0 atom stereocenters. The zero-order valence-corrected chi connectivity index (χ0v) is 14.5. The second-order valence-corrected chi connectivity index (χ2v) is 5.75. The highest BCUT2D eigenvalue weighted by Crippen LogP contribution is 2.28. The fraction of sp³-hybridized carbons (Fsp3) is 0.158. The first-order valence-corrected chi connectivity index (χ1v) is 8.21. The van der Waals surface area contributed by atoms with E-state index >= 15 is 0 Å². The predicted octanol–water partition coefficient (Wildman–Crippen LogP) is 2.38. The van der Waals surface area contributed by atoms with E-state index in [4.69, 9.17) is 0 Å².